The average molecular weight is 101 g/mol. The van der Waals surface area contributed by atoms with E-state index >= 15 is 0 Å². The summed E-state index contributed by atoms with van der Waals surface area (Å²) in [6.07, 6.45) is 2.72. The van der Waals surface area contributed by atoms with Gasteiger partial charge in [-0.15, -0.1) is 0 Å². The smallest absolute Gasteiger partial charge is 0.00454 e. The number of hydrogen-bond donors (Lipinski definition) is 1. The van der Waals surface area contributed by atoms with E-state index < -0.39 is 0 Å². The van der Waals surface area contributed by atoms with Crippen LogP contribution in [0.3, 0.4) is 0 Å². The van der Waals surface area contributed by atoms with Crippen LogP contribution >= 0.6 is 12.6 Å². The molecule has 6 heavy (non-hydrogen) atoms. The van der Waals surface area contributed by atoms with Gasteiger partial charge in [0.1, 0.15) is 0 Å². The Kier molecular flexibility index (Phi) is 1.09. The summed E-state index contributed by atoms with van der Waals surface area (Å²) in [6, 6.07) is 0. The fraction of sp³-hybridized carbons (Fsp3) is 0.800. The molecule has 0 aromatic rings. The highest BCUT2D eigenvalue weighted by Crippen LogP contribution is 2.34. The van der Waals surface area contributed by atoms with Crippen molar-refractivity contribution in [3.05, 3.63) is 6.92 Å². The minimum absolute atomic E-state index is 0.407. The van der Waals surface area contributed by atoms with Crippen molar-refractivity contribution in [2.45, 2.75) is 18.1 Å². The number of rotatable bonds is 1. The van der Waals surface area contributed by atoms with Gasteiger partial charge in [0.15, 0.2) is 0 Å². The van der Waals surface area contributed by atoms with Gasteiger partial charge in [-0.2, -0.15) is 12.6 Å². The van der Waals surface area contributed by atoms with Gasteiger partial charge >= 0.3 is 0 Å². The SMILES string of the molecule is [CH2]C(S)C1CC1. The Hall–Kier alpha value is 0.350. The third kappa shape index (κ3) is 0.904. The monoisotopic (exact) mass is 101 g/mol. The van der Waals surface area contributed by atoms with E-state index in [2.05, 4.69) is 19.6 Å². The highest BCUT2D eigenvalue weighted by atomic mass is 32.1. The van der Waals surface area contributed by atoms with Crippen molar-refractivity contribution in [3.63, 3.8) is 0 Å². The van der Waals surface area contributed by atoms with Crippen LogP contribution < -0.4 is 0 Å². The van der Waals surface area contributed by atoms with Crippen LogP contribution in [0.2, 0.25) is 0 Å². The molecule has 1 radical (unpaired) electrons. The molecule has 1 saturated carbocycles. The van der Waals surface area contributed by atoms with Crippen molar-refractivity contribution < 1.29 is 0 Å². The van der Waals surface area contributed by atoms with Crippen LogP contribution in [0.5, 0.6) is 0 Å². The van der Waals surface area contributed by atoms with Crippen molar-refractivity contribution in [1.82, 2.24) is 0 Å². The van der Waals surface area contributed by atoms with Crippen molar-refractivity contribution >= 4 is 12.6 Å². The van der Waals surface area contributed by atoms with Crippen LogP contribution in [0, 0.1) is 12.8 Å². The fourth-order valence-corrected chi connectivity index (χ4v) is 0.779. The largest absolute Gasteiger partial charge is 0.176 e. The predicted molar refractivity (Wildman–Crippen MR) is 30.9 cm³/mol. The highest BCUT2D eigenvalue weighted by Gasteiger charge is 2.24. The number of thiol groups is 1. The quantitative estimate of drug-likeness (QED) is 0.476. The van der Waals surface area contributed by atoms with E-state index in [1.54, 1.807) is 0 Å². The van der Waals surface area contributed by atoms with Crippen LogP contribution in [-0.2, 0) is 0 Å². The molecule has 0 bridgehead atoms. The molecule has 1 aliphatic rings. The zero-order chi connectivity index (χ0) is 4.57. The van der Waals surface area contributed by atoms with Gasteiger partial charge in [0, 0.05) is 5.25 Å². The molecule has 1 fully saturated rings. The van der Waals surface area contributed by atoms with Gasteiger partial charge in [0.25, 0.3) is 0 Å². The third-order valence-electron chi connectivity index (χ3n) is 1.17. The molecule has 0 aromatic heterocycles. The summed E-state index contributed by atoms with van der Waals surface area (Å²) < 4.78 is 0. The minimum atomic E-state index is 0.407. The van der Waals surface area contributed by atoms with Crippen LogP contribution in [0.4, 0.5) is 0 Å². The lowest BCUT2D eigenvalue weighted by molar-refractivity contribution is 0.885. The van der Waals surface area contributed by atoms with E-state index in [1.807, 2.05) is 0 Å². The maximum Gasteiger partial charge on any atom is 0.00454 e. The molecule has 1 rings (SSSR count). The summed E-state index contributed by atoms with van der Waals surface area (Å²) in [7, 11) is 0. The summed E-state index contributed by atoms with van der Waals surface area (Å²) in [5.41, 5.74) is 0. The van der Waals surface area contributed by atoms with Crippen LogP contribution in [0.1, 0.15) is 12.8 Å². The van der Waals surface area contributed by atoms with Gasteiger partial charge in [-0.1, -0.05) is 0 Å². The van der Waals surface area contributed by atoms with Crippen LogP contribution in [-0.4, -0.2) is 5.25 Å². The molecular formula is C5H9S. The second-order valence-electron chi connectivity index (χ2n) is 1.90. The Morgan fingerprint density at radius 1 is 1.67 bits per heavy atom. The first-order valence-corrected chi connectivity index (χ1v) is 2.83. The van der Waals surface area contributed by atoms with E-state index in [0.29, 0.717) is 5.25 Å². The highest BCUT2D eigenvalue weighted by molar-refractivity contribution is 7.81. The van der Waals surface area contributed by atoms with Gasteiger partial charge < -0.3 is 0 Å². The molecular weight excluding hydrogens is 92.1 g/mol. The molecule has 0 heterocycles. The molecule has 0 spiro atoms. The van der Waals surface area contributed by atoms with Gasteiger partial charge in [-0.25, -0.2) is 0 Å². The lowest BCUT2D eigenvalue weighted by atomic mass is 10.3. The molecule has 0 saturated heterocycles. The van der Waals surface area contributed by atoms with Crippen molar-refractivity contribution in [2.75, 3.05) is 0 Å². The molecule has 0 aromatic carbocycles. The summed E-state index contributed by atoms with van der Waals surface area (Å²) in [5.74, 6) is 0.855. The molecule has 35 valence electrons. The molecule has 0 N–H and O–H groups in total. The molecule has 1 unspecified atom stereocenters. The molecule has 1 aliphatic carbocycles. The Bertz CT molecular complexity index is 45.9. The lowest BCUT2D eigenvalue weighted by Crippen LogP contribution is -1.90. The Balaban J connectivity index is 2.13. The molecule has 0 aliphatic heterocycles. The maximum absolute atomic E-state index is 4.14. The van der Waals surface area contributed by atoms with Crippen LogP contribution in [0.25, 0.3) is 0 Å². The summed E-state index contributed by atoms with van der Waals surface area (Å²) >= 11 is 4.14. The zero-order valence-electron chi connectivity index (χ0n) is 3.72. The van der Waals surface area contributed by atoms with Crippen molar-refractivity contribution in [3.8, 4) is 0 Å². The Labute approximate surface area is 44.3 Å². The second-order valence-corrected chi connectivity index (χ2v) is 2.57. The van der Waals surface area contributed by atoms with E-state index in [-0.39, 0.29) is 0 Å². The summed E-state index contributed by atoms with van der Waals surface area (Å²) in [6.45, 7) is 3.76. The first-order chi connectivity index (χ1) is 2.80. The van der Waals surface area contributed by atoms with E-state index in [9.17, 15) is 0 Å². The normalized spacial score (nSPS) is 27.0. The average Bonchev–Trinajstić information content (AvgIpc) is 2.06. The van der Waals surface area contributed by atoms with Gasteiger partial charge in [-0.3, -0.25) is 0 Å². The number of hydrogen-bond acceptors (Lipinski definition) is 1. The molecule has 0 amide bonds. The second kappa shape index (κ2) is 1.45. The van der Waals surface area contributed by atoms with E-state index in [1.165, 1.54) is 12.8 Å². The van der Waals surface area contributed by atoms with E-state index in [0.717, 1.165) is 5.92 Å². The van der Waals surface area contributed by atoms with Crippen LogP contribution in [0.15, 0.2) is 0 Å². The van der Waals surface area contributed by atoms with E-state index in [4.69, 9.17) is 0 Å². The fourth-order valence-electron chi connectivity index (χ4n) is 0.481. The molecule has 0 nitrogen and oxygen atoms in total. The first-order valence-electron chi connectivity index (χ1n) is 2.32. The lowest BCUT2D eigenvalue weighted by Gasteiger charge is -1.93. The standard InChI is InChI=1S/C5H9S/c1-4(6)5-2-3-5/h4-6H,1-3H2. The molecule has 1 heteroatoms. The Morgan fingerprint density at radius 2 is 2.17 bits per heavy atom. The zero-order valence-corrected chi connectivity index (χ0v) is 4.62. The Morgan fingerprint density at radius 3 is 2.17 bits per heavy atom. The van der Waals surface area contributed by atoms with Gasteiger partial charge in [0.2, 0.25) is 0 Å². The topological polar surface area (TPSA) is 0 Å². The first kappa shape index (κ1) is 4.51. The van der Waals surface area contributed by atoms with Gasteiger partial charge in [-0.05, 0) is 25.7 Å². The summed E-state index contributed by atoms with van der Waals surface area (Å²) in [5, 5.41) is 0.407. The minimum Gasteiger partial charge on any atom is -0.176 e. The molecule has 1 atom stereocenters. The van der Waals surface area contributed by atoms with Gasteiger partial charge in [0.05, 0.1) is 0 Å². The maximum atomic E-state index is 4.14. The predicted octanol–water partition coefficient (Wildman–Crippen LogP) is 1.53. The third-order valence-corrected chi connectivity index (χ3v) is 1.59. The summed E-state index contributed by atoms with van der Waals surface area (Å²) in [4.78, 5) is 0. The van der Waals surface area contributed by atoms with Crippen molar-refractivity contribution in [2.24, 2.45) is 5.92 Å². The van der Waals surface area contributed by atoms with Crippen molar-refractivity contribution in [1.29, 1.82) is 0 Å².